The van der Waals surface area contributed by atoms with E-state index in [2.05, 4.69) is 26.6 Å². The van der Waals surface area contributed by atoms with Crippen molar-refractivity contribution in [3.05, 3.63) is 0 Å². The lowest BCUT2D eigenvalue weighted by Crippen LogP contribution is -2.60. The zero-order valence-electron chi connectivity index (χ0n) is 22.8. The standard InChI is InChI=1S/C24H42N6O9/c1-12(2)8-15(21(35)28-16(10-31)22(36)29-17(11-32)24(38)39)27-23(37)19(13(3)4)30-18(33)9-26-20(34)14-6-5-7-25-14/h12-17,19,25,31-32H,5-11H2,1-4H3,(H,26,34)(H,27,37)(H,28,35)(H,29,36)(H,30,33)(H,38,39)/t14-,15-,16-,17-,19-/m0/s1. The van der Waals surface area contributed by atoms with Gasteiger partial charge in [-0.15, -0.1) is 0 Å². The molecule has 1 heterocycles. The van der Waals surface area contributed by atoms with Crippen molar-refractivity contribution < 1.29 is 44.1 Å². The molecule has 0 aromatic heterocycles. The molecule has 1 saturated heterocycles. The van der Waals surface area contributed by atoms with Crippen molar-refractivity contribution in [2.24, 2.45) is 11.8 Å². The van der Waals surface area contributed by atoms with Crippen molar-refractivity contribution in [3.63, 3.8) is 0 Å². The van der Waals surface area contributed by atoms with Crippen LogP contribution in [0.5, 0.6) is 0 Å². The molecule has 39 heavy (non-hydrogen) atoms. The van der Waals surface area contributed by atoms with Gasteiger partial charge in [0, 0.05) is 0 Å². The Balaban J connectivity index is 2.84. The second kappa shape index (κ2) is 16.6. The molecule has 9 N–H and O–H groups in total. The Morgan fingerprint density at radius 3 is 1.87 bits per heavy atom. The molecule has 1 aliphatic heterocycles. The van der Waals surface area contributed by atoms with E-state index in [-0.39, 0.29) is 36.8 Å². The molecule has 1 fully saturated rings. The third-order valence-corrected chi connectivity index (χ3v) is 6.02. The van der Waals surface area contributed by atoms with Gasteiger partial charge in [-0.3, -0.25) is 24.0 Å². The molecule has 1 aliphatic rings. The highest BCUT2D eigenvalue weighted by atomic mass is 16.4. The van der Waals surface area contributed by atoms with Gasteiger partial charge >= 0.3 is 5.97 Å². The van der Waals surface area contributed by atoms with Gasteiger partial charge in [0.1, 0.15) is 24.2 Å². The van der Waals surface area contributed by atoms with E-state index in [1.54, 1.807) is 27.7 Å². The fourth-order valence-electron chi connectivity index (χ4n) is 3.85. The van der Waals surface area contributed by atoms with Gasteiger partial charge in [0.25, 0.3) is 0 Å². The van der Waals surface area contributed by atoms with Crippen LogP contribution in [0.2, 0.25) is 0 Å². The summed E-state index contributed by atoms with van der Waals surface area (Å²) in [5, 5.41) is 42.6. The number of aliphatic carboxylic acids is 1. The zero-order valence-corrected chi connectivity index (χ0v) is 22.8. The van der Waals surface area contributed by atoms with Crippen molar-refractivity contribution in [3.8, 4) is 0 Å². The zero-order chi connectivity index (χ0) is 29.7. The molecular weight excluding hydrogens is 516 g/mol. The van der Waals surface area contributed by atoms with Crippen LogP contribution in [0.25, 0.3) is 0 Å². The topological polar surface area (TPSA) is 235 Å². The Bertz CT molecular complexity index is 876. The quantitative estimate of drug-likeness (QED) is 0.0909. The Labute approximate surface area is 227 Å². The van der Waals surface area contributed by atoms with Gasteiger partial charge in [-0.05, 0) is 37.6 Å². The average Bonchev–Trinajstić information content (AvgIpc) is 3.41. The third kappa shape index (κ3) is 11.5. The Kier molecular flexibility index (Phi) is 14.4. The maximum absolute atomic E-state index is 13.1. The summed E-state index contributed by atoms with van der Waals surface area (Å²) < 4.78 is 0. The maximum Gasteiger partial charge on any atom is 0.328 e. The van der Waals surface area contributed by atoms with E-state index in [4.69, 9.17) is 10.2 Å². The summed E-state index contributed by atoms with van der Waals surface area (Å²) in [7, 11) is 0. The van der Waals surface area contributed by atoms with Crippen LogP contribution in [0.1, 0.15) is 47.0 Å². The Morgan fingerprint density at radius 2 is 1.38 bits per heavy atom. The van der Waals surface area contributed by atoms with E-state index in [0.29, 0.717) is 6.42 Å². The average molecular weight is 559 g/mol. The van der Waals surface area contributed by atoms with Crippen LogP contribution in [0.15, 0.2) is 0 Å². The van der Waals surface area contributed by atoms with Gasteiger partial charge in [-0.1, -0.05) is 27.7 Å². The summed E-state index contributed by atoms with van der Waals surface area (Å²) in [6.07, 6.45) is 1.68. The van der Waals surface area contributed by atoms with Gasteiger partial charge in [-0.2, -0.15) is 0 Å². The minimum atomic E-state index is -1.63. The number of hydrogen-bond donors (Lipinski definition) is 9. The number of nitrogens with one attached hydrogen (secondary N) is 6. The number of aliphatic hydroxyl groups is 2. The highest BCUT2D eigenvalue weighted by Gasteiger charge is 2.32. The number of carbonyl (C=O) groups is 6. The molecule has 0 radical (unpaired) electrons. The molecule has 222 valence electrons. The van der Waals surface area contributed by atoms with Crippen molar-refractivity contribution in [1.29, 1.82) is 0 Å². The predicted octanol–water partition coefficient (Wildman–Crippen LogP) is -3.43. The van der Waals surface area contributed by atoms with Crippen LogP contribution in [0.3, 0.4) is 0 Å². The lowest BCUT2D eigenvalue weighted by molar-refractivity contribution is -0.143. The monoisotopic (exact) mass is 558 g/mol. The van der Waals surface area contributed by atoms with E-state index >= 15 is 0 Å². The summed E-state index contributed by atoms with van der Waals surface area (Å²) in [6.45, 7) is 5.59. The van der Waals surface area contributed by atoms with Gasteiger partial charge in [0.05, 0.1) is 25.8 Å². The van der Waals surface area contributed by atoms with Gasteiger partial charge < -0.3 is 47.2 Å². The molecule has 0 spiro atoms. The minimum Gasteiger partial charge on any atom is -0.480 e. The molecule has 0 aromatic rings. The first kappa shape index (κ1) is 33.7. The van der Waals surface area contributed by atoms with Crippen molar-refractivity contribution in [1.82, 2.24) is 31.9 Å². The number of rotatable bonds is 16. The number of amides is 5. The fraction of sp³-hybridized carbons (Fsp3) is 0.750. The normalized spacial score (nSPS) is 18.0. The molecule has 0 aromatic carbocycles. The molecule has 1 rings (SSSR count). The number of hydrogen-bond acceptors (Lipinski definition) is 9. The van der Waals surface area contributed by atoms with Crippen molar-refractivity contribution >= 4 is 35.5 Å². The second-order valence-corrected chi connectivity index (χ2v) is 10.2. The SMILES string of the molecule is CC(C)C[C@H](NC(=O)[C@@H](NC(=O)CNC(=O)[C@@H]1CCCN1)C(C)C)C(=O)N[C@@H](CO)C(=O)N[C@@H](CO)C(=O)O. The number of carboxylic acids is 1. The van der Waals surface area contributed by atoms with Gasteiger partial charge in [0.15, 0.2) is 0 Å². The van der Waals surface area contributed by atoms with Crippen LogP contribution in [0.4, 0.5) is 0 Å². The summed E-state index contributed by atoms with van der Waals surface area (Å²) in [5.74, 6) is -5.39. The van der Waals surface area contributed by atoms with E-state index in [0.717, 1.165) is 13.0 Å². The first-order valence-electron chi connectivity index (χ1n) is 13.0. The number of carbonyl (C=O) groups excluding carboxylic acids is 5. The van der Waals surface area contributed by atoms with Gasteiger partial charge in [0.2, 0.25) is 29.5 Å². The summed E-state index contributed by atoms with van der Waals surface area (Å²) in [4.78, 5) is 74.0. The lowest BCUT2D eigenvalue weighted by atomic mass is 9.99. The highest BCUT2D eigenvalue weighted by molar-refractivity contribution is 5.95. The van der Waals surface area contributed by atoms with Crippen LogP contribution in [0, 0.1) is 11.8 Å². The summed E-state index contributed by atoms with van der Waals surface area (Å²) in [6, 6.07) is -5.74. The van der Waals surface area contributed by atoms with Crippen molar-refractivity contribution in [2.75, 3.05) is 26.3 Å². The number of aliphatic hydroxyl groups excluding tert-OH is 2. The first-order chi connectivity index (χ1) is 18.3. The Morgan fingerprint density at radius 1 is 0.821 bits per heavy atom. The van der Waals surface area contributed by atoms with Crippen LogP contribution in [-0.2, 0) is 28.8 Å². The van der Waals surface area contributed by atoms with Crippen molar-refractivity contribution in [2.45, 2.75) is 77.2 Å². The predicted molar refractivity (Wildman–Crippen MR) is 138 cm³/mol. The van der Waals surface area contributed by atoms with E-state index in [1.165, 1.54) is 0 Å². The lowest BCUT2D eigenvalue weighted by Gasteiger charge is -2.27. The maximum atomic E-state index is 13.1. The molecule has 0 bridgehead atoms. The summed E-state index contributed by atoms with van der Waals surface area (Å²) >= 11 is 0. The minimum absolute atomic E-state index is 0.0836. The molecule has 0 unspecified atom stereocenters. The van der Waals surface area contributed by atoms with E-state index in [1.807, 2.05) is 5.32 Å². The smallest absolute Gasteiger partial charge is 0.328 e. The Hall–Kier alpha value is -3.30. The summed E-state index contributed by atoms with van der Waals surface area (Å²) in [5.41, 5.74) is 0. The van der Waals surface area contributed by atoms with Crippen LogP contribution < -0.4 is 31.9 Å². The molecule has 0 aliphatic carbocycles. The van der Waals surface area contributed by atoms with E-state index in [9.17, 15) is 33.9 Å². The third-order valence-electron chi connectivity index (χ3n) is 6.02. The van der Waals surface area contributed by atoms with Crippen LogP contribution >= 0.6 is 0 Å². The molecule has 0 saturated carbocycles. The first-order valence-corrected chi connectivity index (χ1v) is 13.0. The van der Waals surface area contributed by atoms with Crippen LogP contribution in [-0.4, -0.2) is 107 Å². The molecule has 5 amide bonds. The fourth-order valence-corrected chi connectivity index (χ4v) is 3.85. The number of carboxylic acid groups (broad SMARTS) is 1. The largest absolute Gasteiger partial charge is 0.480 e. The van der Waals surface area contributed by atoms with E-state index < -0.39 is 67.0 Å². The van der Waals surface area contributed by atoms with Gasteiger partial charge in [-0.25, -0.2) is 4.79 Å². The molecular formula is C24H42N6O9. The molecule has 15 nitrogen and oxygen atoms in total. The molecule has 15 heteroatoms. The second-order valence-electron chi connectivity index (χ2n) is 10.2. The molecule has 5 atom stereocenters. The highest BCUT2D eigenvalue weighted by Crippen LogP contribution is 2.09.